The van der Waals surface area contributed by atoms with Gasteiger partial charge < -0.3 is 9.84 Å². The topological polar surface area (TPSA) is 56.8 Å². The molecule has 2 heterocycles. The van der Waals surface area contributed by atoms with Gasteiger partial charge in [-0.1, -0.05) is 60.7 Å². The molecule has 8 heteroatoms. The van der Waals surface area contributed by atoms with E-state index in [-0.39, 0.29) is 19.1 Å². The first-order valence-corrected chi connectivity index (χ1v) is 13.9. The van der Waals surface area contributed by atoms with Crippen LogP contribution in [0.25, 0.3) is 10.1 Å². The number of alkyl halides is 1. The minimum Gasteiger partial charge on any atom is -0.402 e. The molecule has 0 saturated heterocycles. The van der Waals surface area contributed by atoms with E-state index < -0.39 is 7.82 Å². The monoisotopic (exact) mass is 513 g/mol. The molecule has 0 bridgehead atoms. The van der Waals surface area contributed by atoms with E-state index in [1.807, 2.05) is 66.7 Å². The lowest BCUT2D eigenvalue weighted by Gasteiger charge is -2.20. The molecule has 1 atom stereocenters. The minimum atomic E-state index is -3.96. The molecule has 1 aliphatic rings. The zero-order chi connectivity index (χ0) is 23.5. The largest absolute Gasteiger partial charge is 0.530 e. The van der Waals surface area contributed by atoms with Crippen LogP contribution >= 0.6 is 30.8 Å². The summed E-state index contributed by atoms with van der Waals surface area (Å²) in [6.45, 7) is 3.05. The molecule has 1 aromatic heterocycles. The molecule has 5 rings (SSSR count). The maximum atomic E-state index is 13.9. The van der Waals surface area contributed by atoms with Crippen LogP contribution in [0.4, 0.5) is 5.69 Å². The molecule has 3 aromatic carbocycles. The second-order valence-corrected chi connectivity index (χ2v) is 11.0. The number of halogens is 1. The van der Waals surface area contributed by atoms with Crippen LogP contribution in [-0.4, -0.2) is 12.4 Å². The quantitative estimate of drug-likeness (QED) is 0.182. The molecule has 0 spiro atoms. The van der Waals surface area contributed by atoms with Gasteiger partial charge in [-0.15, -0.1) is 22.9 Å². The molecule has 176 valence electrons. The summed E-state index contributed by atoms with van der Waals surface area (Å²) in [6, 6.07) is 21.0. The van der Waals surface area contributed by atoms with E-state index in [0.29, 0.717) is 11.6 Å². The SMILES string of the molecule is Cc1csc2c(OP(=O)(OCc3ccccc3)OCc3ccccc3)cc3c(c12)[C@H](CCl)CN3. The van der Waals surface area contributed by atoms with Crippen molar-refractivity contribution in [2.75, 3.05) is 17.7 Å². The third-order valence-electron chi connectivity index (χ3n) is 5.84. The number of rotatable bonds is 9. The van der Waals surface area contributed by atoms with Gasteiger partial charge in [0, 0.05) is 35.5 Å². The van der Waals surface area contributed by atoms with Gasteiger partial charge in [0.15, 0.2) is 5.75 Å². The fraction of sp³-hybridized carbons (Fsp3) is 0.231. The maximum Gasteiger partial charge on any atom is 0.530 e. The minimum absolute atomic E-state index is 0.108. The number of fused-ring (bicyclic) bond motifs is 3. The Bertz CT molecular complexity index is 1280. The summed E-state index contributed by atoms with van der Waals surface area (Å²) >= 11 is 7.81. The first-order chi connectivity index (χ1) is 16.6. The van der Waals surface area contributed by atoms with Crippen LogP contribution in [0.2, 0.25) is 0 Å². The highest BCUT2D eigenvalue weighted by Crippen LogP contribution is 2.55. The molecule has 34 heavy (non-hydrogen) atoms. The number of nitrogens with one attached hydrogen (secondary N) is 1. The highest BCUT2D eigenvalue weighted by atomic mass is 35.5. The molecule has 5 nitrogen and oxygen atoms in total. The second-order valence-electron chi connectivity index (χ2n) is 8.25. The van der Waals surface area contributed by atoms with Crippen molar-refractivity contribution in [2.24, 2.45) is 0 Å². The predicted octanol–water partition coefficient (Wildman–Crippen LogP) is 7.88. The molecular weight excluding hydrogens is 489 g/mol. The first kappa shape index (κ1) is 23.4. The van der Waals surface area contributed by atoms with Gasteiger partial charge in [-0.25, -0.2) is 4.57 Å². The third kappa shape index (κ3) is 4.88. The standard InChI is InChI=1S/C26H25ClNO4PS/c1-18-17-34-26-23(12-22-25(24(18)26)21(13-27)14-28-22)32-33(29,30-15-19-8-4-2-5-9-19)31-16-20-10-6-3-7-11-20/h2-12,17,21,28H,13-16H2,1H3/t21-/m1/s1. The van der Waals surface area contributed by atoms with Gasteiger partial charge >= 0.3 is 7.82 Å². The predicted molar refractivity (Wildman–Crippen MR) is 139 cm³/mol. The van der Waals surface area contributed by atoms with Gasteiger partial charge in [0.1, 0.15) is 0 Å². The highest BCUT2D eigenvalue weighted by Gasteiger charge is 2.33. The lowest BCUT2D eigenvalue weighted by molar-refractivity contribution is 0.143. The van der Waals surface area contributed by atoms with E-state index in [0.717, 1.165) is 39.0 Å². The van der Waals surface area contributed by atoms with Crippen LogP contribution in [0.3, 0.4) is 0 Å². The summed E-state index contributed by atoms with van der Waals surface area (Å²) in [6.07, 6.45) is 0. The van der Waals surface area contributed by atoms with E-state index >= 15 is 0 Å². The second kappa shape index (κ2) is 10.1. The van der Waals surface area contributed by atoms with Gasteiger partial charge in [0.25, 0.3) is 0 Å². The van der Waals surface area contributed by atoms with Crippen molar-refractivity contribution in [1.82, 2.24) is 0 Å². The number of anilines is 1. The van der Waals surface area contributed by atoms with Gasteiger partial charge in [-0.3, -0.25) is 9.05 Å². The normalized spacial score (nSPS) is 15.3. The molecule has 0 fully saturated rings. The first-order valence-electron chi connectivity index (χ1n) is 11.1. The number of hydrogen-bond donors (Lipinski definition) is 1. The lowest BCUT2D eigenvalue weighted by atomic mass is 9.97. The van der Waals surface area contributed by atoms with Crippen LogP contribution in [0, 0.1) is 6.92 Å². The Morgan fingerprint density at radius 2 is 1.65 bits per heavy atom. The van der Waals surface area contributed by atoms with Crippen molar-refractivity contribution in [3.05, 3.63) is 94.4 Å². The van der Waals surface area contributed by atoms with Crippen molar-refractivity contribution in [2.45, 2.75) is 26.1 Å². The number of aryl methyl sites for hydroxylation is 1. The molecule has 4 aromatic rings. The van der Waals surface area contributed by atoms with E-state index in [1.54, 1.807) is 11.3 Å². The van der Waals surface area contributed by atoms with Crippen LogP contribution in [0.1, 0.15) is 28.2 Å². The summed E-state index contributed by atoms with van der Waals surface area (Å²) in [4.78, 5) is 0. The molecular formula is C26H25ClNO4PS. The average molecular weight is 514 g/mol. The fourth-order valence-corrected chi connectivity index (χ4v) is 6.66. The summed E-state index contributed by atoms with van der Waals surface area (Å²) in [5.74, 6) is 1.24. The summed E-state index contributed by atoms with van der Waals surface area (Å²) in [5, 5.41) is 6.61. The number of phosphoric ester groups is 1. The van der Waals surface area contributed by atoms with Crippen molar-refractivity contribution < 1.29 is 18.1 Å². The molecule has 0 amide bonds. The van der Waals surface area contributed by atoms with E-state index in [9.17, 15) is 4.57 Å². The zero-order valence-electron chi connectivity index (χ0n) is 18.7. The van der Waals surface area contributed by atoms with Crippen molar-refractivity contribution in [3.8, 4) is 5.75 Å². The van der Waals surface area contributed by atoms with Crippen molar-refractivity contribution >= 4 is 46.5 Å². The Morgan fingerprint density at radius 3 is 2.24 bits per heavy atom. The average Bonchev–Trinajstić information content (AvgIpc) is 3.46. The highest BCUT2D eigenvalue weighted by molar-refractivity contribution is 7.49. The molecule has 0 saturated carbocycles. The van der Waals surface area contributed by atoms with Crippen LogP contribution in [0.5, 0.6) is 5.75 Å². The van der Waals surface area contributed by atoms with Gasteiger partial charge in [0.2, 0.25) is 0 Å². The number of phosphoric acid groups is 1. The summed E-state index contributed by atoms with van der Waals surface area (Å²) < 4.78 is 32.6. The molecule has 0 aliphatic carbocycles. The Kier molecular flexibility index (Phi) is 6.96. The van der Waals surface area contributed by atoms with Crippen LogP contribution in [-0.2, 0) is 26.8 Å². The summed E-state index contributed by atoms with van der Waals surface area (Å²) in [7, 11) is -3.96. The Labute approximate surface area is 208 Å². The van der Waals surface area contributed by atoms with E-state index in [1.165, 1.54) is 5.56 Å². The Morgan fingerprint density at radius 1 is 1.03 bits per heavy atom. The third-order valence-corrected chi connectivity index (χ3v) is 8.64. The van der Waals surface area contributed by atoms with Crippen molar-refractivity contribution in [1.29, 1.82) is 0 Å². The van der Waals surface area contributed by atoms with Crippen molar-refractivity contribution in [3.63, 3.8) is 0 Å². The smallest absolute Gasteiger partial charge is 0.402 e. The van der Waals surface area contributed by atoms with Gasteiger partial charge in [-0.05, 0) is 34.6 Å². The molecule has 0 unspecified atom stereocenters. The Hall–Kier alpha value is -2.34. The van der Waals surface area contributed by atoms with E-state index in [4.69, 9.17) is 25.2 Å². The molecule has 1 N–H and O–H groups in total. The zero-order valence-corrected chi connectivity index (χ0v) is 21.2. The number of thiophene rings is 1. The molecule has 1 aliphatic heterocycles. The summed E-state index contributed by atoms with van der Waals surface area (Å²) in [5.41, 5.74) is 5.05. The van der Waals surface area contributed by atoms with Crippen LogP contribution < -0.4 is 9.84 Å². The molecule has 0 radical (unpaired) electrons. The number of benzene rings is 3. The van der Waals surface area contributed by atoms with E-state index in [2.05, 4.69) is 17.6 Å². The van der Waals surface area contributed by atoms with Gasteiger partial charge in [-0.2, -0.15) is 0 Å². The fourth-order valence-electron chi connectivity index (χ4n) is 4.14. The van der Waals surface area contributed by atoms with Crippen LogP contribution in [0.15, 0.2) is 72.1 Å². The van der Waals surface area contributed by atoms with Gasteiger partial charge in [0.05, 0.1) is 17.9 Å². The maximum absolute atomic E-state index is 13.9. The Balaban J connectivity index is 1.48. The number of hydrogen-bond acceptors (Lipinski definition) is 6. The lowest BCUT2D eigenvalue weighted by Crippen LogP contribution is -2.04.